The standard InChI is InChI=1S/C21H20O5/c1-15(26-18-6-4-3-5-7-18)20(16-8-10-17(23-2)11-9-16)21(22)19-14-24-12-13-25-19/h3-11,14H,12-13H2,1-2H3/b20-15+. The quantitative estimate of drug-likeness (QED) is 0.582. The molecule has 26 heavy (non-hydrogen) atoms. The summed E-state index contributed by atoms with van der Waals surface area (Å²) < 4.78 is 21.8. The minimum atomic E-state index is -0.289. The molecule has 0 saturated carbocycles. The Labute approximate surface area is 152 Å². The number of allylic oxidation sites excluding steroid dienone is 2. The van der Waals surface area contributed by atoms with Gasteiger partial charge in [-0.1, -0.05) is 30.3 Å². The van der Waals surface area contributed by atoms with Crippen molar-refractivity contribution in [2.45, 2.75) is 6.92 Å². The van der Waals surface area contributed by atoms with Gasteiger partial charge in [0.05, 0.1) is 12.7 Å². The number of benzene rings is 2. The van der Waals surface area contributed by atoms with Gasteiger partial charge in [0.25, 0.3) is 0 Å². The van der Waals surface area contributed by atoms with Gasteiger partial charge in [0, 0.05) is 0 Å². The number of methoxy groups -OCH3 is 1. The highest BCUT2D eigenvalue weighted by Crippen LogP contribution is 2.28. The van der Waals surface area contributed by atoms with Crippen molar-refractivity contribution in [2.24, 2.45) is 0 Å². The fourth-order valence-electron chi connectivity index (χ4n) is 2.58. The highest BCUT2D eigenvalue weighted by atomic mass is 16.6. The van der Waals surface area contributed by atoms with E-state index in [9.17, 15) is 4.79 Å². The third-order valence-electron chi connectivity index (χ3n) is 3.84. The highest BCUT2D eigenvalue weighted by Gasteiger charge is 2.24. The van der Waals surface area contributed by atoms with Crippen molar-refractivity contribution in [1.29, 1.82) is 0 Å². The molecule has 0 amide bonds. The molecule has 0 bridgehead atoms. The van der Waals surface area contributed by atoms with Crippen LogP contribution in [0.3, 0.4) is 0 Å². The van der Waals surface area contributed by atoms with E-state index in [-0.39, 0.29) is 11.5 Å². The Morgan fingerprint density at radius 2 is 1.69 bits per heavy atom. The van der Waals surface area contributed by atoms with Crippen molar-refractivity contribution in [3.05, 3.63) is 77.9 Å². The minimum absolute atomic E-state index is 0.165. The summed E-state index contributed by atoms with van der Waals surface area (Å²) in [6.07, 6.45) is 1.35. The summed E-state index contributed by atoms with van der Waals surface area (Å²) >= 11 is 0. The molecular weight excluding hydrogens is 332 g/mol. The van der Waals surface area contributed by atoms with E-state index in [0.29, 0.717) is 41.6 Å². The number of para-hydroxylation sites is 1. The van der Waals surface area contributed by atoms with E-state index in [1.165, 1.54) is 6.26 Å². The van der Waals surface area contributed by atoms with Gasteiger partial charge in [-0.25, -0.2) is 0 Å². The molecule has 0 unspecified atom stereocenters. The Bertz CT molecular complexity index is 819. The van der Waals surface area contributed by atoms with Gasteiger partial charge in [-0.05, 0) is 36.8 Å². The lowest BCUT2D eigenvalue weighted by atomic mass is 9.99. The van der Waals surface area contributed by atoms with Gasteiger partial charge in [-0.2, -0.15) is 0 Å². The van der Waals surface area contributed by atoms with Crippen LogP contribution in [0.5, 0.6) is 11.5 Å². The molecule has 0 N–H and O–H groups in total. The Balaban J connectivity index is 2.00. The Hall–Kier alpha value is -3.21. The summed E-state index contributed by atoms with van der Waals surface area (Å²) in [5.41, 5.74) is 1.12. The summed E-state index contributed by atoms with van der Waals surface area (Å²) in [5.74, 6) is 1.71. The second-order valence-electron chi connectivity index (χ2n) is 5.61. The average Bonchev–Trinajstić information content (AvgIpc) is 2.70. The monoisotopic (exact) mass is 352 g/mol. The van der Waals surface area contributed by atoms with Crippen LogP contribution < -0.4 is 9.47 Å². The lowest BCUT2D eigenvalue weighted by molar-refractivity contribution is -0.115. The number of ether oxygens (including phenoxy) is 4. The Morgan fingerprint density at radius 3 is 2.31 bits per heavy atom. The summed E-state index contributed by atoms with van der Waals surface area (Å²) in [4.78, 5) is 13.0. The number of hydrogen-bond acceptors (Lipinski definition) is 5. The molecule has 0 aliphatic carbocycles. The fraction of sp³-hybridized carbons (Fsp3) is 0.190. The molecule has 2 aromatic carbocycles. The lowest BCUT2D eigenvalue weighted by Gasteiger charge is -2.18. The van der Waals surface area contributed by atoms with Gasteiger partial charge in [-0.15, -0.1) is 0 Å². The molecule has 0 spiro atoms. The minimum Gasteiger partial charge on any atom is -0.497 e. The van der Waals surface area contributed by atoms with Crippen molar-refractivity contribution >= 4 is 11.4 Å². The van der Waals surface area contributed by atoms with E-state index in [4.69, 9.17) is 18.9 Å². The second-order valence-corrected chi connectivity index (χ2v) is 5.61. The smallest absolute Gasteiger partial charge is 0.234 e. The second kappa shape index (κ2) is 8.25. The van der Waals surface area contributed by atoms with Crippen LogP contribution >= 0.6 is 0 Å². The van der Waals surface area contributed by atoms with Crippen molar-refractivity contribution in [1.82, 2.24) is 0 Å². The number of carbonyl (C=O) groups excluding carboxylic acids is 1. The maximum Gasteiger partial charge on any atom is 0.234 e. The SMILES string of the molecule is COc1ccc(/C(C(=O)C2=COCCO2)=C(/C)Oc2ccccc2)cc1. The van der Waals surface area contributed by atoms with Crippen molar-refractivity contribution < 1.29 is 23.7 Å². The van der Waals surface area contributed by atoms with Crippen molar-refractivity contribution in [3.8, 4) is 11.5 Å². The first-order valence-electron chi connectivity index (χ1n) is 8.26. The van der Waals surface area contributed by atoms with Crippen LogP contribution in [0.4, 0.5) is 0 Å². The van der Waals surface area contributed by atoms with Gasteiger partial charge in [0.1, 0.15) is 36.7 Å². The van der Waals surface area contributed by atoms with E-state index in [1.54, 1.807) is 26.2 Å². The molecule has 0 radical (unpaired) electrons. The normalized spacial score (nSPS) is 14.3. The van der Waals surface area contributed by atoms with Gasteiger partial charge < -0.3 is 18.9 Å². The molecule has 1 aliphatic rings. The first-order valence-corrected chi connectivity index (χ1v) is 8.26. The van der Waals surface area contributed by atoms with E-state index in [1.807, 2.05) is 42.5 Å². The average molecular weight is 352 g/mol. The molecule has 0 aromatic heterocycles. The van der Waals surface area contributed by atoms with Gasteiger partial charge in [0.15, 0.2) is 0 Å². The largest absolute Gasteiger partial charge is 0.497 e. The molecule has 3 rings (SSSR count). The maximum absolute atomic E-state index is 13.0. The molecule has 2 aromatic rings. The molecule has 0 atom stereocenters. The number of carbonyl (C=O) groups is 1. The topological polar surface area (TPSA) is 54.0 Å². The van der Waals surface area contributed by atoms with E-state index < -0.39 is 0 Å². The zero-order valence-corrected chi connectivity index (χ0v) is 14.7. The van der Waals surface area contributed by atoms with Crippen LogP contribution in [0.1, 0.15) is 12.5 Å². The number of Topliss-reactive ketones (excluding diaryl/α,β-unsaturated/α-hetero) is 1. The third-order valence-corrected chi connectivity index (χ3v) is 3.84. The Morgan fingerprint density at radius 1 is 0.962 bits per heavy atom. The number of rotatable bonds is 6. The van der Waals surface area contributed by atoms with Crippen LogP contribution in [-0.2, 0) is 14.3 Å². The summed E-state index contributed by atoms with van der Waals surface area (Å²) in [6.45, 7) is 2.53. The highest BCUT2D eigenvalue weighted by molar-refractivity contribution is 6.28. The number of hydrogen-bond donors (Lipinski definition) is 0. The molecule has 5 heteroatoms. The van der Waals surface area contributed by atoms with Crippen LogP contribution in [0.2, 0.25) is 0 Å². The van der Waals surface area contributed by atoms with Crippen LogP contribution in [0.25, 0.3) is 5.57 Å². The maximum atomic E-state index is 13.0. The van der Waals surface area contributed by atoms with Gasteiger partial charge >= 0.3 is 0 Å². The zero-order valence-electron chi connectivity index (χ0n) is 14.7. The van der Waals surface area contributed by atoms with E-state index in [2.05, 4.69) is 0 Å². The lowest BCUT2D eigenvalue weighted by Crippen LogP contribution is -2.17. The zero-order chi connectivity index (χ0) is 18.4. The summed E-state index contributed by atoms with van der Waals surface area (Å²) in [7, 11) is 1.60. The first kappa shape index (κ1) is 17.6. The van der Waals surface area contributed by atoms with Crippen molar-refractivity contribution in [2.75, 3.05) is 20.3 Å². The van der Waals surface area contributed by atoms with E-state index in [0.717, 1.165) is 0 Å². The van der Waals surface area contributed by atoms with Crippen LogP contribution in [0, 0.1) is 0 Å². The molecule has 0 fully saturated rings. The summed E-state index contributed by atoms with van der Waals surface area (Å²) in [5, 5.41) is 0. The predicted molar refractivity (Wildman–Crippen MR) is 97.7 cm³/mol. The Kier molecular flexibility index (Phi) is 5.59. The molecular formula is C21H20O5. The van der Waals surface area contributed by atoms with Crippen LogP contribution in [0.15, 0.2) is 72.4 Å². The third kappa shape index (κ3) is 4.06. The van der Waals surface area contributed by atoms with Crippen molar-refractivity contribution in [3.63, 3.8) is 0 Å². The van der Waals surface area contributed by atoms with Gasteiger partial charge in [0.2, 0.25) is 11.5 Å². The van der Waals surface area contributed by atoms with Crippen LogP contribution in [-0.4, -0.2) is 26.1 Å². The fourth-order valence-corrected chi connectivity index (χ4v) is 2.58. The number of ketones is 1. The van der Waals surface area contributed by atoms with Gasteiger partial charge in [-0.3, -0.25) is 4.79 Å². The molecule has 0 saturated heterocycles. The predicted octanol–water partition coefficient (Wildman–Crippen LogP) is 3.96. The first-order chi connectivity index (χ1) is 12.7. The molecule has 5 nitrogen and oxygen atoms in total. The summed E-state index contributed by atoms with van der Waals surface area (Å²) in [6, 6.07) is 16.5. The molecule has 134 valence electrons. The van der Waals surface area contributed by atoms with E-state index >= 15 is 0 Å². The molecule has 1 heterocycles. The molecule has 1 aliphatic heterocycles.